The number of anilines is 1. The number of aromatic nitrogens is 1. The number of hydrogen-bond donors (Lipinski definition) is 1. The molecule has 0 aliphatic carbocycles. The summed E-state index contributed by atoms with van der Waals surface area (Å²) in [5.74, 6) is 1.96. The van der Waals surface area contributed by atoms with E-state index in [9.17, 15) is 0 Å². The molecule has 0 saturated carbocycles. The second kappa shape index (κ2) is 5.53. The van der Waals surface area contributed by atoms with Crippen molar-refractivity contribution in [3.63, 3.8) is 0 Å². The van der Waals surface area contributed by atoms with E-state index in [1.807, 2.05) is 19.3 Å². The molecule has 0 amide bonds. The molecule has 1 saturated heterocycles. The maximum absolute atomic E-state index is 5.36. The molecule has 1 aliphatic rings. The molecule has 1 aliphatic heterocycles. The number of nitrogens with zero attached hydrogens (tertiary/aromatic N) is 2. The van der Waals surface area contributed by atoms with E-state index < -0.39 is 0 Å². The Bertz CT molecular complexity index is 643. The summed E-state index contributed by atoms with van der Waals surface area (Å²) in [6, 6.07) is 8.25. The van der Waals surface area contributed by atoms with Gasteiger partial charge < -0.3 is 15.0 Å². The van der Waals surface area contributed by atoms with Crippen LogP contribution in [-0.2, 0) is 0 Å². The molecule has 1 unspecified atom stereocenters. The number of rotatable bonds is 4. The molecule has 2 heterocycles. The first-order valence-electron chi connectivity index (χ1n) is 7.47. The van der Waals surface area contributed by atoms with Crippen LogP contribution >= 0.6 is 0 Å². The van der Waals surface area contributed by atoms with Gasteiger partial charge >= 0.3 is 0 Å². The van der Waals surface area contributed by atoms with Crippen molar-refractivity contribution in [2.45, 2.75) is 13.3 Å². The van der Waals surface area contributed by atoms with E-state index in [1.165, 1.54) is 17.2 Å². The molecule has 21 heavy (non-hydrogen) atoms. The van der Waals surface area contributed by atoms with E-state index in [0.29, 0.717) is 5.41 Å². The molecule has 0 radical (unpaired) electrons. The van der Waals surface area contributed by atoms with Gasteiger partial charge in [0.1, 0.15) is 11.6 Å². The van der Waals surface area contributed by atoms with E-state index in [1.54, 1.807) is 7.11 Å². The third-order valence-corrected chi connectivity index (χ3v) is 4.41. The van der Waals surface area contributed by atoms with E-state index in [-0.39, 0.29) is 0 Å². The van der Waals surface area contributed by atoms with Gasteiger partial charge in [-0.1, -0.05) is 13.0 Å². The van der Waals surface area contributed by atoms with Crippen molar-refractivity contribution in [2.75, 3.05) is 38.7 Å². The lowest BCUT2D eigenvalue weighted by Crippen LogP contribution is -2.33. The van der Waals surface area contributed by atoms with Crippen LogP contribution in [0.3, 0.4) is 0 Å². The lowest BCUT2D eigenvalue weighted by atomic mass is 9.90. The molecule has 112 valence electrons. The summed E-state index contributed by atoms with van der Waals surface area (Å²) in [6.07, 6.45) is 3.09. The highest BCUT2D eigenvalue weighted by atomic mass is 16.5. The molecule has 0 spiro atoms. The van der Waals surface area contributed by atoms with Crippen molar-refractivity contribution in [1.29, 1.82) is 0 Å². The molecule has 2 aromatic rings. The zero-order valence-corrected chi connectivity index (χ0v) is 13.0. The molecule has 1 N–H and O–H groups in total. The smallest absolute Gasteiger partial charge is 0.136 e. The Morgan fingerprint density at radius 1 is 1.38 bits per heavy atom. The van der Waals surface area contributed by atoms with Crippen LogP contribution < -0.4 is 15.0 Å². The maximum atomic E-state index is 5.36. The normalized spacial score (nSPS) is 22.0. The summed E-state index contributed by atoms with van der Waals surface area (Å²) in [5.41, 5.74) is 0.317. The largest absolute Gasteiger partial charge is 0.497 e. The molecule has 3 rings (SSSR count). The Morgan fingerprint density at radius 2 is 2.24 bits per heavy atom. The van der Waals surface area contributed by atoms with Gasteiger partial charge in [0.2, 0.25) is 0 Å². The number of nitrogens with one attached hydrogen (secondary N) is 1. The number of hydrogen-bond acceptors (Lipinski definition) is 4. The van der Waals surface area contributed by atoms with Crippen LogP contribution in [0.1, 0.15) is 13.3 Å². The number of fused-ring (bicyclic) bond motifs is 1. The van der Waals surface area contributed by atoms with Gasteiger partial charge in [0.25, 0.3) is 0 Å². The summed E-state index contributed by atoms with van der Waals surface area (Å²) in [7, 11) is 3.73. The first kappa shape index (κ1) is 14.1. The second-order valence-electron chi connectivity index (χ2n) is 6.23. The van der Waals surface area contributed by atoms with Gasteiger partial charge in [-0.2, -0.15) is 0 Å². The first-order chi connectivity index (χ1) is 10.1. The quantitative estimate of drug-likeness (QED) is 0.937. The Labute approximate surface area is 126 Å². The van der Waals surface area contributed by atoms with Crippen LogP contribution in [0.4, 0.5) is 5.82 Å². The zero-order chi connectivity index (χ0) is 14.9. The number of methoxy groups -OCH3 is 1. The monoisotopic (exact) mass is 285 g/mol. The maximum Gasteiger partial charge on any atom is 0.136 e. The number of pyridine rings is 1. The Kier molecular flexibility index (Phi) is 3.72. The average Bonchev–Trinajstić information content (AvgIpc) is 2.88. The fraction of sp³-hybridized carbons (Fsp3) is 0.471. The SMILES string of the molecule is CNCC1(C)CCN(c2nccc3ccc(OC)cc23)C1. The van der Waals surface area contributed by atoms with Gasteiger partial charge in [-0.05, 0) is 42.5 Å². The summed E-state index contributed by atoms with van der Waals surface area (Å²) < 4.78 is 5.36. The molecule has 4 nitrogen and oxygen atoms in total. The van der Waals surface area contributed by atoms with Gasteiger partial charge in [0.15, 0.2) is 0 Å². The third kappa shape index (κ3) is 2.68. The van der Waals surface area contributed by atoms with Crippen molar-refractivity contribution in [1.82, 2.24) is 10.3 Å². The second-order valence-corrected chi connectivity index (χ2v) is 6.23. The Morgan fingerprint density at radius 3 is 3.00 bits per heavy atom. The minimum absolute atomic E-state index is 0.317. The fourth-order valence-corrected chi connectivity index (χ4v) is 3.29. The van der Waals surface area contributed by atoms with Crippen LogP contribution in [0.5, 0.6) is 5.75 Å². The lowest BCUT2D eigenvalue weighted by molar-refractivity contribution is 0.356. The van der Waals surface area contributed by atoms with Crippen molar-refractivity contribution in [3.8, 4) is 5.75 Å². The highest BCUT2D eigenvalue weighted by Crippen LogP contribution is 2.35. The summed E-state index contributed by atoms with van der Waals surface area (Å²) >= 11 is 0. The van der Waals surface area contributed by atoms with Crippen molar-refractivity contribution in [3.05, 3.63) is 30.5 Å². The lowest BCUT2D eigenvalue weighted by Gasteiger charge is -2.25. The van der Waals surface area contributed by atoms with Crippen LogP contribution in [-0.4, -0.2) is 38.8 Å². The Hall–Kier alpha value is -1.81. The van der Waals surface area contributed by atoms with Gasteiger partial charge in [0.05, 0.1) is 7.11 Å². The number of benzene rings is 1. The minimum atomic E-state index is 0.317. The van der Waals surface area contributed by atoms with E-state index in [2.05, 4.69) is 40.3 Å². The van der Waals surface area contributed by atoms with Gasteiger partial charge in [0, 0.05) is 31.2 Å². The van der Waals surface area contributed by atoms with Crippen LogP contribution in [0.25, 0.3) is 10.8 Å². The van der Waals surface area contributed by atoms with Crippen LogP contribution in [0.2, 0.25) is 0 Å². The van der Waals surface area contributed by atoms with Crippen LogP contribution in [0.15, 0.2) is 30.5 Å². The molecule has 1 fully saturated rings. The molecule has 4 heteroatoms. The molecular weight excluding hydrogens is 262 g/mol. The summed E-state index contributed by atoms with van der Waals surface area (Å²) in [5, 5.41) is 5.69. The first-order valence-corrected chi connectivity index (χ1v) is 7.47. The predicted molar refractivity (Wildman–Crippen MR) is 87.2 cm³/mol. The molecule has 1 aromatic heterocycles. The topological polar surface area (TPSA) is 37.4 Å². The summed E-state index contributed by atoms with van der Waals surface area (Å²) in [4.78, 5) is 7.04. The van der Waals surface area contributed by atoms with Gasteiger partial charge in [-0.15, -0.1) is 0 Å². The highest BCUT2D eigenvalue weighted by Gasteiger charge is 2.34. The van der Waals surface area contributed by atoms with Crippen molar-refractivity contribution >= 4 is 16.6 Å². The molecular formula is C17H23N3O. The van der Waals surface area contributed by atoms with Crippen molar-refractivity contribution in [2.24, 2.45) is 5.41 Å². The molecule has 1 atom stereocenters. The zero-order valence-electron chi connectivity index (χ0n) is 13.0. The van der Waals surface area contributed by atoms with Crippen molar-refractivity contribution < 1.29 is 4.74 Å². The highest BCUT2D eigenvalue weighted by molar-refractivity contribution is 5.93. The van der Waals surface area contributed by atoms with E-state index in [4.69, 9.17) is 4.74 Å². The van der Waals surface area contributed by atoms with E-state index in [0.717, 1.165) is 31.2 Å². The minimum Gasteiger partial charge on any atom is -0.497 e. The Balaban J connectivity index is 1.97. The molecule has 0 bridgehead atoms. The molecule has 1 aromatic carbocycles. The van der Waals surface area contributed by atoms with E-state index >= 15 is 0 Å². The van der Waals surface area contributed by atoms with Gasteiger partial charge in [-0.25, -0.2) is 4.98 Å². The standard InChI is InChI=1S/C17H23N3O/c1-17(11-18-2)7-9-20(12-17)16-15-10-14(21-3)5-4-13(15)6-8-19-16/h4-6,8,10,18H,7,9,11-12H2,1-3H3. The fourth-order valence-electron chi connectivity index (χ4n) is 3.29. The summed E-state index contributed by atoms with van der Waals surface area (Å²) in [6.45, 7) is 5.48. The predicted octanol–water partition coefficient (Wildman–Crippen LogP) is 2.68. The third-order valence-electron chi connectivity index (χ3n) is 4.41. The average molecular weight is 285 g/mol. The number of ether oxygens (including phenoxy) is 1. The van der Waals surface area contributed by atoms with Crippen LogP contribution in [0, 0.1) is 5.41 Å². The van der Waals surface area contributed by atoms with Gasteiger partial charge in [-0.3, -0.25) is 0 Å².